The summed E-state index contributed by atoms with van der Waals surface area (Å²) in [5.74, 6) is 4.24. The first-order chi connectivity index (χ1) is 42.5. The number of aryl methyl sites for hydroxylation is 1. The number of hydrogen-bond donors (Lipinski definition) is 0. The summed E-state index contributed by atoms with van der Waals surface area (Å²) in [6.07, 6.45) is 7.16. The van der Waals surface area contributed by atoms with Gasteiger partial charge in [0.1, 0.15) is 0 Å². The molecule has 0 spiro atoms. The van der Waals surface area contributed by atoms with Crippen LogP contribution in [-0.4, -0.2) is 0 Å². The quantitative estimate of drug-likeness (QED) is 0.114. The van der Waals surface area contributed by atoms with Crippen LogP contribution in [0.2, 0.25) is 0 Å². The number of anilines is 6. The van der Waals surface area contributed by atoms with Gasteiger partial charge < -0.3 is 9.80 Å². The third-order valence-electron chi connectivity index (χ3n) is 20.0. The first kappa shape index (κ1) is 51.8. The van der Waals surface area contributed by atoms with Gasteiger partial charge in [0, 0.05) is 34.1 Å². The molecule has 4 bridgehead atoms. The molecule has 0 aliphatic heterocycles. The topological polar surface area (TPSA) is 6.48 Å². The van der Waals surface area contributed by atoms with E-state index < -0.39 is 5.41 Å². The molecule has 0 aromatic heterocycles. The second-order valence-corrected chi connectivity index (χ2v) is 24.9. The zero-order valence-electron chi connectivity index (χ0n) is 48.7. The first-order valence-electron chi connectivity index (χ1n) is 31.2. The summed E-state index contributed by atoms with van der Waals surface area (Å²) >= 11 is 0. The van der Waals surface area contributed by atoms with E-state index in [-0.39, 0.29) is 0 Å². The minimum atomic E-state index is -0.525. The monoisotopic (exact) mass is 1100 g/mol. The van der Waals surface area contributed by atoms with Crippen LogP contribution in [0.15, 0.2) is 303 Å². The standard InChI is InChI=1S/C84H68N2/c1-57-22-20-37-80-82(57)75-47-46-74(54-81(75)84(80,67-28-12-4-13-29-67)68-30-14-5-15-31-68)86(70-34-18-7-19-35-70)72-44-40-63(41-45-72)79-56-76(60-23-8-2-9-24-60)78(55-77(79)61-25-10-3-11-26-61)62-38-42-71(43-39-62)85(69-32-16-6-17-33-69)73-36-21-27-64(53-73)83-65-49-58-48-59(51-65)52-66(83)50-58/h2-47,53-56,58-59,65-66,83H,48-52H2,1H3. The van der Waals surface area contributed by atoms with Gasteiger partial charge in [-0.15, -0.1) is 0 Å². The van der Waals surface area contributed by atoms with E-state index in [0.717, 1.165) is 52.0 Å². The Morgan fingerprint density at radius 3 is 1.15 bits per heavy atom. The molecule has 0 saturated heterocycles. The fourth-order valence-corrected chi connectivity index (χ4v) is 16.6. The van der Waals surface area contributed by atoms with Crippen molar-refractivity contribution in [1.82, 2.24) is 0 Å². The summed E-state index contributed by atoms with van der Waals surface area (Å²) in [5, 5.41) is 0. The minimum absolute atomic E-state index is 0.525. The molecule has 0 atom stereocenters. The highest BCUT2D eigenvalue weighted by Crippen LogP contribution is 2.61. The molecule has 4 fully saturated rings. The van der Waals surface area contributed by atoms with Crippen molar-refractivity contribution in [2.24, 2.45) is 23.7 Å². The molecule has 0 amide bonds. The lowest BCUT2D eigenvalue weighted by Crippen LogP contribution is -2.43. The second-order valence-electron chi connectivity index (χ2n) is 24.9. The molecule has 0 heterocycles. The van der Waals surface area contributed by atoms with E-state index >= 15 is 0 Å². The lowest BCUT2D eigenvalue weighted by Gasteiger charge is -2.54. The molecule has 0 radical (unpaired) electrons. The van der Waals surface area contributed by atoms with Gasteiger partial charge in [-0.2, -0.15) is 0 Å². The van der Waals surface area contributed by atoms with Crippen molar-refractivity contribution in [3.63, 3.8) is 0 Å². The van der Waals surface area contributed by atoms with Crippen LogP contribution in [0.5, 0.6) is 0 Å². The SMILES string of the molecule is Cc1cccc2c1-c1ccc(N(c3ccccc3)c3ccc(-c4cc(-c5ccccc5)c(-c5ccc(N(c6ccccc6)c6cccc(C7C8CC9CC(C8)CC7C9)c6)cc5)cc4-c4ccccc4)cc3)cc1C2(c1ccccc1)c1ccccc1. The molecule has 0 unspecified atom stereocenters. The van der Waals surface area contributed by atoms with Crippen molar-refractivity contribution >= 4 is 34.1 Å². The Balaban J connectivity index is 0.801. The number of rotatable bonds is 13. The molecule has 17 rings (SSSR count). The van der Waals surface area contributed by atoms with Gasteiger partial charge in [0.15, 0.2) is 0 Å². The van der Waals surface area contributed by atoms with E-state index in [1.807, 2.05) is 0 Å². The highest BCUT2D eigenvalue weighted by Gasteiger charge is 2.49. The summed E-state index contributed by atoms with van der Waals surface area (Å²) in [6, 6.07) is 113. The van der Waals surface area contributed by atoms with Crippen molar-refractivity contribution in [3.05, 3.63) is 337 Å². The Labute approximate surface area is 507 Å². The number of para-hydroxylation sites is 2. The summed E-state index contributed by atoms with van der Waals surface area (Å²) in [6.45, 7) is 2.26. The number of nitrogens with zero attached hydrogens (tertiary/aromatic N) is 2. The van der Waals surface area contributed by atoms with Gasteiger partial charge in [-0.3, -0.25) is 0 Å². The van der Waals surface area contributed by atoms with Gasteiger partial charge in [-0.05, 0) is 243 Å². The molecule has 86 heavy (non-hydrogen) atoms. The van der Waals surface area contributed by atoms with Gasteiger partial charge in [-0.1, -0.05) is 218 Å². The molecular formula is C84H68N2. The third kappa shape index (κ3) is 8.92. The lowest BCUT2D eigenvalue weighted by molar-refractivity contribution is -0.00276. The maximum Gasteiger partial charge on any atom is 0.0714 e. The number of fused-ring (bicyclic) bond motifs is 3. The minimum Gasteiger partial charge on any atom is -0.310 e. The Bertz CT molecular complexity index is 4320. The van der Waals surface area contributed by atoms with Crippen LogP contribution in [-0.2, 0) is 5.41 Å². The van der Waals surface area contributed by atoms with E-state index in [1.165, 1.54) is 127 Å². The van der Waals surface area contributed by atoms with E-state index in [9.17, 15) is 0 Å². The summed E-state index contributed by atoms with van der Waals surface area (Å²) < 4.78 is 0. The van der Waals surface area contributed by atoms with Crippen molar-refractivity contribution in [2.75, 3.05) is 9.80 Å². The molecule has 12 aromatic rings. The van der Waals surface area contributed by atoms with E-state index in [2.05, 4.69) is 320 Å². The molecular weight excluding hydrogens is 1040 g/mol. The smallest absolute Gasteiger partial charge is 0.0714 e. The summed E-state index contributed by atoms with van der Waals surface area (Å²) in [7, 11) is 0. The van der Waals surface area contributed by atoms with Crippen molar-refractivity contribution < 1.29 is 0 Å². The van der Waals surface area contributed by atoms with Gasteiger partial charge in [-0.25, -0.2) is 0 Å². The van der Waals surface area contributed by atoms with E-state index in [1.54, 1.807) is 0 Å². The van der Waals surface area contributed by atoms with E-state index in [0.29, 0.717) is 5.92 Å². The zero-order valence-corrected chi connectivity index (χ0v) is 48.7. The highest BCUT2D eigenvalue weighted by atomic mass is 15.1. The van der Waals surface area contributed by atoms with Crippen LogP contribution in [0.1, 0.15) is 71.4 Å². The van der Waals surface area contributed by atoms with Crippen LogP contribution in [0.4, 0.5) is 34.1 Å². The Kier molecular flexibility index (Phi) is 13.1. The predicted octanol–water partition coefficient (Wildman–Crippen LogP) is 22.5. The summed E-state index contributed by atoms with van der Waals surface area (Å²) in [4.78, 5) is 4.90. The Morgan fingerprint density at radius 1 is 0.291 bits per heavy atom. The zero-order chi connectivity index (χ0) is 57.1. The first-order valence-corrected chi connectivity index (χ1v) is 31.2. The van der Waals surface area contributed by atoms with Crippen LogP contribution in [0.3, 0.4) is 0 Å². The Morgan fingerprint density at radius 2 is 0.674 bits per heavy atom. The molecule has 414 valence electrons. The van der Waals surface area contributed by atoms with Crippen molar-refractivity contribution in [2.45, 2.75) is 50.4 Å². The van der Waals surface area contributed by atoms with Gasteiger partial charge in [0.05, 0.1) is 5.41 Å². The summed E-state index contributed by atoms with van der Waals surface area (Å²) in [5.41, 5.74) is 26.3. The lowest BCUT2D eigenvalue weighted by atomic mass is 9.51. The van der Waals surface area contributed by atoms with Crippen molar-refractivity contribution in [3.8, 4) is 55.6 Å². The highest BCUT2D eigenvalue weighted by molar-refractivity contribution is 5.97. The van der Waals surface area contributed by atoms with Crippen molar-refractivity contribution in [1.29, 1.82) is 0 Å². The normalized spacial score (nSPS) is 18.5. The fraction of sp³-hybridized carbons (Fsp3) is 0.143. The molecule has 5 aliphatic rings. The van der Waals surface area contributed by atoms with Crippen LogP contribution < -0.4 is 9.80 Å². The Hall–Kier alpha value is -9.76. The molecule has 0 N–H and O–H groups in total. The molecule has 5 aliphatic carbocycles. The van der Waals surface area contributed by atoms with Crippen LogP contribution in [0.25, 0.3) is 55.6 Å². The van der Waals surface area contributed by atoms with Gasteiger partial charge >= 0.3 is 0 Å². The molecule has 2 heteroatoms. The van der Waals surface area contributed by atoms with Crippen LogP contribution in [0, 0.1) is 30.6 Å². The maximum absolute atomic E-state index is 2.53. The number of benzene rings is 12. The maximum atomic E-state index is 2.53. The molecule has 4 saturated carbocycles. The average Bonchev–Trinajstić information content (AvgIpc) is 1.60. The molecule has 2 nitrogen and oxygen atoms in total. The average molecular weight is 1110 g/mol. The van der Waals surface area contributed by atoms with Crippen LogP contribution >= 0.6 is 0 Å². The predicted molar refractivity (Wildman–Crippen MR) is 359 cm³/mol. The van der Waals surface area contributed by atoms with Gasteiger partial charge in [0.2, 0.25) is 0 Å². The second kappa shape index (κ2) is 21.7. The third-order valence-corrected chi connectivity index (χ3v) is 20.0. The molecule has 12 aromatic carbocycles. The largest absolute Gasteiger partial charge is 0.310 e. The van der Waals surface area contributed by atoms with E-state index in [4.69, 9.17) is 0 Å². The number of hydrogen-bond acceptors (Lipinski definition) is 2. The van der Waals surface area contributed by atoms with Gasteiger partial charge in [0.25, 0.3) is 0 Å². The fourth-order valence-electron chi connectivity index (χ4n) is 16.6.